The smallest absolute Gasteiger partial charge is 0.144 e. The van der Waals surface area contributed by atoms with Crippen molar-refractivity contribution in [3.8, 4) is 5.75 Å². The fraction of sp³-hybridized carbons (Fsp3) is 0.500. The highest BCUT2D eigenvalue weighted by Crippen LogP contribution is 2.37. The summed E-state index contributed by atoms with van der Waals surface area (Å²) >= 11 is 0. The van der Waals surface area contributed by atoms with Crippen LogP contribution in [0.4, 0.5) is 0 Å². The van der Waals surface area contributed by atoms with Gasteiger partial charge in [-0.25, -0.2) is 0 Å². The van der Waals surface area contributed by atoms with Crippen LogP contribution in [-0.4, -0.2) is 17.6 Å². The van der Waals surface area contributed by atoms with Gasteiger partial charge in [0.15, 0.2) is 0 Å². The molecule has 0 radical (unpaired) electrons. The van der Waals surface area contributed by atoms with Crippen molar-refractivity contribution in [1.82, 2.24) is 4.98 Å². The number of hydrogen-bond acceptors (Lipinski definition) is 3. The van der Waals surface area contributed by atoms with Crippen LogP contribution >= 0.6 is 24.8 Å². The summed E-state index contributed by atoms with van der Waals surface area (Å²) in [5.74, 6) is 1.19. The summed E-state index contributed by atoms with van der Waals surface area (Å²) < 4.78 is 5.70. The number of aromatic nitrogens is 1. The van der Waals surface area contributed by atoms with Gasteiger partial charge in [0.05, 0.1) is 11.6 Å². The Morgan fingerprint density at radius 1 is 1.47 bits per heavy atom. The Labute approximate surface area is 102 Å². The first-order valence-corrected chi connectivity index (χ1v) is 4.56. The molecule has 0 unspecified atom stereocenters. The lowest BCUT2D eigenvalue weighted by atomic mass is 10.0. The molecular formula is C10H16Cl2N2O. The lowest BCUT2D eigenvalue weighted by Gasteiger charge is -2.10. The minimum absolute atomic E-state index is 0. The number of hydrogen-bond donors (Lipinski definition) is 1. The van der Waals surface area contributed by atoms with Crippen LogP contribution in [0.25, 0.3) is 0 Å². The molecule has 0 aromatic carbocycles. The van der Waals surface area contributed by atoms with E-state index in [9.17, 15) is 0 Å². The summed E-state index contributed by atoms with van der Waals surface area (Å²) in [5, 5.41) is 0. The Hall–Kier alpha value is -0.510. The van der Waals surface area contributed by atoms with Gasteiger partial charge < -0.3 is 10.5 Å². The summed E-state index contributed by atoms with van der Waals surface area (Å²) in [6, 6.07) is 1.96. The van der Waals surface area contributed by atoms with Crippen LogP contribution in [0.15, 0.2) is 12.3 Å². The summed E-state index contributed by atoms with van der Waals surface area (Å²) in [7, 11) is 0. The van der Waals surface area contributed by atoms with E-state index in [-0.39, 0.29) is 36.8 Å². The first kappa shape index (κ1) is 14.5. The van der Waals surface area contributed by atoms with Gasteiger partial charge in [-0.15, -0.1) is 24.8 Å². The van der Waals surface area contributed by atoms with Gasteiger partial charge in [0.1, 0.15) is 11.9 Å². The van der Waals surface area contributed by atoms with Crippen LogP contribution in [0.1, 0.15) is 24.1 Å². The van der Waals surface area contributed by atoms with E-state index < -0.39 is 0 Å². The maximum atomic E-state index is 5.70. The van der Waals surface area contributed by atoms with Crippen LogP contribution in [-0.2, 0) is 0 Å². The molecule has 1 aromatic rings. The van der Waals surface area contributed by atoms with Gasteiger partial charge >= 0.3 is 0 Å². The monoisotopic (exact) mass is 250 g/mol. The molecule has 2 N–H and O–H groups in total. The lowest BCUT2D eigenvalue weighted by Crippen LogP contribution is -2.22. The van der Waals surface area contributed by atoms with Crippen LogP contribution < -0.4 is 10.5 Å². The molecule has 0 saturated heterocycles. The van der Waals surface area contributed by atoms with Crippen molar-refractivity contribution >= 4 is 24.8 Å². The van der Waals surface area contributed by atoms with Gasteiger partial charge in [-0.3, -0.25) is 4.98 Å². The van der Waals surface area contributed by atoms with Crippen molar-refractivity contribution in [2.75, 3.05) is 6.54 Å². The maximum absolute atomic E-state index is 5.70. The summed E-state index contributed by atoms with van der Waals surface area (Å²) in [6.45, 7) is 4.68. The van der Waals surface area contributed by atoms with E-state index in [0.717, 1.165) is 17.0 Å². The maximum Gasteiger partial charge on any atom is 0.144 e. The average molecular weight is 251 g/mol. The molecule has 86 valence electrons. The molecular weight excluding hydrogens is 235 g/mol. The third-order valence-corrected chi connectivity index (χ3v) is 2.60. The summed E-state index contributed by atoms with van der Waals surface area (Å²) in [6.07, 6.45) is 1.98. The number of ether oxygens (including phenoxy) is 1. The van der Waals surface area contributed by atoms with Crippen molar-refractivity contribution in [3.63, 3.8) is 0 Å². The van der Waals surface area contributed by atoms with Crippen LogP contribution in [0.2, 0.25) is 0 Å². The van der Waals surface area contributed by atoms with Crippen molar-refractivity contribution in [3.05, 3.63) is 23.5 Å². The van der Waals surface area contributed by atoms with Gasteiger partial charge in [-0.1, -0.05) is 0 Å². The van der Waals surface area contributed by atoms with Gasteiger partial charge in [0, 0.05) is 12.7 Å². The normalized spacial score (nSPS) is 22.1. The summed E-state index contributed by atoms with van der Waals surface area (Å²) in [4.78, 5) is 4.32. The number of rotatable bonds is 1. The van der Waals surface area contributed by atoms with E-state index in [4.69, 9.17) is 10.5 Å². The molecule has 15 heavy (non-hydrogen) atoms. The number of halogens is 2. The van der Waals surface area contributed by atoms with Crippen molar-refractivity contribution in [2.45, 2.75) is 25.9 Å². The lowest BCUT2D eigenvalue weighted by molar-refractivity contribution is 0.227. The highest BCUT2D eigenvalue weighted by molar-refractivity contribution is 5.85. The zero-order valence-corrected chi connectivity index (χ0v) is 10.4. The molecule has 0 aliphatic carbocycles. The standard InChI is InChI=1S/C10H14N2O.2ClH/c1-6-3-4-12-9-8(5-11)7(2)13-10(6)9;;/h3-4,7-8H,5,11H2,1-2H3;2*1H/t7-,8-;;/m1../s1. The molecule has 3 nitrogen and oxygen atoms in total. The topological polar surface area (TPSA) is 48.1 Å². The second-order valence-electron chi connectivity index (χ2n) is 3.51. The first-order valence-electron chi connectivity index (χ1n) is 4.56. The number of nitrogens with two attached hydrogens (primary N) is 1. The highest BCUT2D eigenvalue weighted by atomic mass is 35.5. The van der Waals surface area contributed by atoms with Crippen molar-refractivity contribution < 1.29 is 4.74 Å². The van der Waals surface area contributed by atoms with Gasteiger partial charge in [-0.2, -0.15) is 0 Å². The molecule has 1 aromatic heterocycles. The predicted molar refractivity (Wildman–Crippen MR) is 65.4 cm³/mol. The molecule has 1 aliphatic heterocycles. The van der Waals surface area contributed by atoms with E-state index in [0.29, 0.717) is 6.54 Å². The second kappa shape index (κ2) is 5.54. The predicted octanol–water partition coefficient (Wildman–Crippen LogP) is 2.06. The largest absolute Gasteiger partial charge is 0.488 e. The number of nitrogens with zero attached hydrogens (tertiary/aromatic N) is 1. The Bertz CT molecular complexity index is 333. The zero-order valence-electron chi connectivity index (χ0n) is 8.77. The number of aryl methyl sites for hydroxylation is 1. The van der Waals surface area contributed by atoms with Gasteiger partial charge in [0.2, 0.25) is 0 Å². The molecule has 0 fully saturated rings. The van der Waals surface area contributed by atoms with Crippen LogP contribution in [0.5, 0.6) is 5.75 Å². The van der Waals surface area contributed by atoms with Crippen LogP contribution in [0.3, 0.4) is 0 Å². The van der Waals surface area contributed by atoms with E-state index in [1.807, 2.05) is 26.1 Å². The van der Waals surface area contributed by atoms with E-state index in [2.05, 4.69) is 4.98 Å². The fourth-order valence-corrected chi connectivity index (χ4v) is 1.78. The molecule has 0 saturated carbocycles. The zero-order chi connectivity index (χ0) is 9.42. The highest BCUT2D eigenvalue weighted by Gasteiger charge is 2.32. The first-order chi connectivity index (χ1) is 6.24. The average Bonchev–Trinajstić information content (AvgIpc) is 2.43. The molecule has 0 spiro atoms. The Kier molecular flexibility index (Phi) is 5.35. The molecule has 2 heterocycles. The third kappa shape index (κ3) is 2.36. The van der Waals surface area contributed by atoms with Crippen molar-refractivity contribution in [1.29, 1.82) is 0 Å². The molecule has 5 heteroatoms. The molecule has 2 atom stereocenters. The van der Waals surface area contributed by atoms with Crippen LogP contribution in [0, 0.1) is 6.92 Å². The van der Waals surface area contributed by atoms with Gasteiger partial charge in [0.25, 0.3) is 0 Å². The van der Waals surface area contributed by atoms with Gasteiger partial charge in [-0.05, 0) is 25.5 Å². The van der Waals surface area contributed by atoms with E-state index >= 15 is 0 Å². The Balaban J connectivity index is 0.000000980. The Morgan fingerprint density at radius 3 is 2.73 bits per heavy atom. The minimum atomic E-state index is 0. The quantitative estimate of drug-likeness (QED) is 0.831. The molecule has 2 rings (SSSR count). The number of pyridine rings is 1. The van der Waals surface area contributed by atoms with E-state index in [1.165, 1.54) is 0 Å². The molecule has 1 aliphatic rings. The fourth-order valence-electron chi connectivity index (χ4n) is 1.78. The third-order valence-electron chi connectivity index (χ3n) is 2.60. The number of fused-ring (bicyclic) bond motifs is 1. The summed E-state index contributed by atoms with van der Waals surface area (Å²) in [5.41, 5.74) is 7.84. The molecule has 0 bridgehead atoms. The second-order valence-corrected chi connectivity index (χ2v) is 3.51. The Morgan fingerprint density at radius 2 is 2.13 bits per heavy atom. The SMILES string of the molecule is Cc1ccnc2c1O[C@H](C)[C@H]2CN.Cl.Cl. The van der Waals surface area contributed by atoms with Crippen molar-refractivity contribution in [2.24, 2.45) is 5.73 Å². The molecule has 0 amide bonds. The minimum Gasteiger partial charge on any atom is -0.488 e. The van der Waals surface area contributed by atoms with E-state index in [1.54, 1.807) is 0 Å².